The zero-order valence-corrected chi connectivity index (χ0v) is 11.8. The van der Waals surface area contributed by atoms with E-state index in [-0.39, 0.29) is 5.82 Å². The molecule has 0 aromatic heterocycles. The van der Waals surface area contributed by atoms with E-state index in [9.17, 15) is 4.39 Å². The zero-order valence-electron chi connectivity index (χ0n) is 10.2. The number of nitrogens with one attached hydrogen (secondary N) is 1. The molecule has 18 heavy (non-hydrogen) atoms. The Morgan fingerprint density at radius 3 is 2.67 bits per heavy atom. The van der Waals surface area contributed by atoms with Crippen LogP contribution in [0.4, 0.5) is 4.39 Å². The molecule has 0 radical (unpaired) electrons. The van der Waals surface area contributed by atoms with Gasteiger partial charge in [0.15, 0.2) is 0 Å². The molecule has 0 heterocycles. The molecule has 3 saturated carbocycles. The van der Waals surface area contributed by atoms with Crippen molar-refractivity contribution in [2.24, 2.45) is 23.7 Å². The SMILES string of the molecule is Fc1cccc(CNC2C3C4CCC(C4)C23)c1Br. The van der Waals surface area contributed by atoms with Crippen LogP contribution in [0, 0.1) is 29.5 Å². The minimum absolute atomic E-state index is 0.162. The van der Waals surface area contributed by atoms with Crippen molar-refractivity contribution in [3.63, 3.8) is 0 Å². The highest BCUT2D eigenvalue weighted by atomic mass is 79.9. The molecular weight excluding hydrogens is 293 g/mol. The van der Waals surface area contributed by atoms with Gasteiger partial charge in [0, 0.05) is 12.6 Å². The first-order valence-corrected chi connectivity index (χ1v) is 7.71. The summed E-state index contributed by atoms with van der Waals surface area (Å²) in [5.41, 5.74) is 1.03. The smallest absolute Gasteiger partial charge is 0.137 e. The topological polar surface area (TPSA) is 12.0 Å². The fourth-order valence-electron chi connectivity index (χ4n) is 4.51. The molecule has 3 aliphatic rings. The molecule has 0 amide bonds. The fraction of sp³-hybridized carbons (Fsp3) is 0.600. The number of hydrogen-bond donors (Lipinski definition) is 1. The van der Waals surface area contributed by atoms with E-state index < -0.39 is 0 Å². The lowest BCUT2D eigenvalue weighted by Gasteiger charge is -2.11. The van der Waals surface area contributed by atoms with Crippen molar-refractivity contribution in [1.82, 2.24) is 5.32 Å². The summed E-state index contributed by atoms with van der Waals surface area (Å²) in [6, 6.07) is 5.99. The molecule has 4 rings (SSSR count). The van der Waals surface area contributed by atoms with Crippen LogP contribution in [0.3, 0.4) is 0 Å². The minimum Gasteiger partial charge on any atom is -0.309 e. The Labute approximate surface area is 115 Å². The number of halogens is 2. The molecule has 4 unspecified atom stereocenters. The van der Waals surface area contributed by atoms with Crippen molar-refractivity contribution in [2.45, 2.75) is 31.8 Å². The first kappa shape index (κ1) is 11.4. The molecule has 3 heteroatoms. The summed E-state index contributed by atoms with van der Waals surface area (Å²) < 4.78 is 14.0. The van der Waals surface area contributed by atoms with Crippen molar-refractivity contribution < 1.29 is 4.39 Å². The third-order valence-corrected chi connectivity index (χ3v) is 6.18. The quantitative estimate of drug-likeness (QED) is 0.897. The Kier molecular flexibility index (Phi) is 2.56. The molecule has 0 aliphatic heterocycles. The summed E-state index contributed by atoms with van der Waals surface area (Å²) in [5, 5.41) is 3.65. The largest absolute Gasteiger partial charge is 0.309 e. The maximum atomic E-state index is 13.4. The summed E-state index contributed by atoms with van der Waals surface area (Å²) in [4.78, 5) is 0. The molecule has 3 fully saturated rings. The molecule has 0 saturated heterocycles. The first-order chi connectivity index (χ1) is 8.75. The van der Waals surface area contributed by atoms with Gasteiger partial charge in [0.25, 0.3) is 0 Å². The van der Waals surface area contributed by atoms with Crippen LogP contribution < -0.4 is 5.32 Å². The molecule has 1 nitrogen and oxygen atoms in total. The van der Waals surface area contributed by atoms with E-state index in [2.05, 4.69) is 21.2 Å². The highest BCUT2D eigenvalue weighted by molar-refractivity contribution is 9.10. The third kappa shape index (κ3) is 1.60. The van der Waals surface area contributed by atoms with Crippen LogP contribution >= 0.6 is 15.9 Å². The lowest BCUT2D eigenvalue weighted by Crippen LogP contribution is -2.22. The molecule has 3 aliphatic carbocycles. The van der Waals surface area contributed by atoms with Crippen LogP contribution in [0.5, 0.6) is 0 Å². The standard InChI is InChI=1S/C15H17BrFN/c16-14-10(2-1-3-11(14)17)7-18-15-12-8-4-5-9(6-8)13(12)15/h1-3,8-9,12-13,15,18H,4-7H2. The van der Waals surface area contributed by atoms with Gasteiger partial charge in [-0.15, -0.1) is 0 Å². The first-order valence-electron chi connectivity index (χ1n) is 6.92. The summed E-state index contributed by atoms with van der Waals surface area (Å²) in [7, 11) is 0. The highest BCUT2D eigenvalue weighted by Gasteiger charge is 2.64. The van der Waals surface area contributed by atoms with Crippen molar-refractivity contribution in [1.29, 1.82) is 0 Å². The second-order valence-corrected chi connectivity index (χ2v) is 6.90. The summed E-state index contributed by atoms with van der Waals surface area (Å²) in [5.74, 6) is 3.71. The molecular formula is C15H17BrFN. The van der Waals surface area contributed by atoms with E-state index in [0.717, 1.165) is 35.8 Å². The maximum Gasteiger partial charge on any atom is 0.137 e. The third-order valence-electron chi connectivity index (χ3n) is 5.30. The summed E-state index contributed by atoms with van der Waals surface area (Å²) >= 11 is 3.33. The molecule has 1 aromatic rings. The van der Waals surface area contributed by atoms with E-state index in [1.54, 1.807) is 6.07 Å². The Balaban J connectivity index is 1.42. The average Bonchev–Trinajstić information content (AvgIpc) is 2.77. The Bertz CT molecular complexity index is 473. The Hall–Kier alpha value is -0.410. The van der Waals surface area contributed by atoms with Crippen molar-refractivity contribution in [3.05, 3.63) is 34.1 Å². The lowest BCUT2D eigenvalue weighted by molar-refractivity contribution is 0.456. The number of hydrogen-bond acceptors (Lipinski definition) is 1. The predicted molar refractivity (Wildman–Crippen MR) is 72.5 cm³/mol. The van der Waals surface area contributed by atoms with Gasteiger partial charge in [-0.05, 0) is 70.5 Å². The van der Waals surface area contributed by atoms with Gasteiger partial charge in [-0.1, -0.05) is 12.1 Å². The van der Waals surface area contributed by atoms with Crippen molar-refractivity contribution >= 4 is 15.9 Å². The lowest BCUT2D eigenvalue weighted by atomic mass is 10.0. The van der Waals surface area contributed by atoms with Crippen LogP contribution in [0.1, 0.15) is 24.8 Å². The molecule has 0 spiro atoms. The van der Waals surface area contributed by atoms with E-state index in [1.165, 1.54) is 25.3 Å². The van der Waals surface area contributed by atoms with E-state index in [1.807, 2.05) is 6.07 Å². The van der Waals surface area contributed by atoms with E-state index in [0.29, 0.717) is 10.5 Å². The van der Waals surface area contributed by atoms with Gasteiger partial charge in [0.1, 0.15) is 5.82 Å². The fourth-order valence-corrected chi connectivity index (χ4v) is 4.92. The Morgan fingerprint density at radius 2 is 1.94 bits per heavy atom. The van der Waals surface area contributed by atoms with E-state index in [4.69, 9.17) is 0 Å². The van der Waals surface area contributed by atoms with Crippen LogP contribution in [0.15, 0.2) is 22.7 Å². The predicted octanol–water partition coefficient (Wildman–Crippen LogP) is 3.72. The second kappa shape index (κ2) is 4.04. The summed E-state index contributed by atoms with van der Waals surface area (Å²) in [6.07, 6.45) is 4.39. The zero-order chi connectivity index (χ0) is 12.3. The molecule has 1 N–H and O–H groups in total. The minimum atomic E-state index is -0.162. The van der Waals surface area contributed by atoms with Gasteiger partial charge in [0.2, 0.25) is 0 Å². The highest BCUT2D eigenvalue weighted by Crippen LogP contribution is 2.65. The van der Waals surface area contributed by atoms with Crippen LogP contribution in [0.25, 0.3) is 0 Å². The monoisotopic (exact) mass is 309 g/mol. The number of benzene rings is 1. The van der Waals surface area contributed by atoms with Gasteiger partial charge in [-0.3, -0.25) is 0 Å². The number of rotatable bonds is 3. The van der Waals surface area contributed by atoms with Gasteiger partial charge in [0.05, 0.1) is 4.47 Å². The van der Waals surface area contributed by atoms with Gasteiger partial charge in [-0.25, -0.2) is 4.39 Å². The van der Waals surface area contributed by atoms with Crippen molar-refractivity contribution in [3.8, 4) is 0 Å². The second-order valence-electron chi connectivity index (χ2n) is 6.11. The van der Waals surface area contributed by atoms with Crippen molar-refractivity contribution in [2.75, 3.05) is 0 Å². The molecule has 96 valence electrons. The van der Waals surface area contributed by atoms with Gasteiger partial charge in [-0.2, -0.15) is 0 Å². The average molecular weight is 310 g/mol. The van der Waals surface area contributed by atoms with Crippen LogP contribution in [-0.4, -0.2) is 6.04 Å². The maximum absolute atomic E-state index is 13.4. The van der Waals surface area contributed by atoms with Gasteiger partial charge < -0.3 is 5.32 Å². The van der Waals surface area contributed by atoms with Crippen LogP contribution in [-0.2, 0) is 6.54 Å². The molecule has 2 bridgehead atoms. The van der Waals surface area contributed by atoms with Gasteiger partial charge >= 0.3 is 0 Å². The summed E-state index contributed by atoms with van der Waals surface area (Å²) in [6.45, 7) is 0.787. The number of fused-ring (bicyclic) bond motifs is 5. The Morgan fingerprint density at radius 1 is 1.22 bits per heavy atom. The molecule has 4 atom stereocenters. The molecule has 1 aromatic carbocycles. The van der Waals surface area contributed by atoms with E-state index >= 15 is 0 Å². The normalized spacial score (nSPS) is 40.0. The van der Waals surface area contributed by atoms with Crippen LogP contribution in [0.2, 0.25) is 0 Å².